The highest BCUT2D eigenvalue weighted by Gasteiger charge is 2.20. The summed E-state index contributed by atoms with van der Waals surface area (Å²) < 4.78 is 12.2. The summed E-state index contributed by atoms with van der Waals surface area (Å²) in [5.41, 5.74) is 2.39. The molecule has 1 aliphatic heterocycles. The summed E-state index contributed by atoms with van der Waals surface area (Å²) in [6.07, 6.45) is 4.00. The third-order valence-corrected chi connectivity index (χ3v) is 6.18. The molecule has 19 heavy (non-hydrogen) atoms. The second kappa shape index (κ2) is 4.88. The molecule has 2 aromatic rings. The average molecular weight is 335 g/mol. The maximum Gasteiger partial charge on any atom is 0.113 e. The molecule has 0 radical (unpaired) electrons. The first-order chi connectivity index (χ1) is 9.06. The van der Waals surface area contributed by atoms with Crippen molar-refractivity contribution in [2.75, 3.05) is 0 Å². The Morgan fingerprint density at radius 1 is 1.16 bits per heavy atom. The van der Waals surface area contributed by atoms with Crippen LogP contribution in [0.5, 0.6) is 0 Å². The molecular formula is C16H15BrOS. The molecule has 0 N–H and O–H groups in total. The Morgan fingerprint density at radius 2 is 1.95 bits per heavy atom. The minimum absolute atomic E-state index is 0.0780. The first-order valence-corrected chi connectivity index (χ1v) is 8.49. The fraction of sp³-hybridized carbons (Fsp3) is 0.250. The molecule has 1 aliphatic rings. The molecule has 3 heteroatoms. The van der Waals surface area contributed by atoms with Crippen molar-refractivity contribution in [2.24, 2.45) is 0 Å². The zero-order valence-corrected chi connectivity index (χ0v) is 13.3. The zero-order chi connectivity index (χ0) is 13.6. The Morgan fingerprint density at radius 3 is 2.68 bits per heavy atom. The molecule has 98 valence electrons. The van der Waals surface area contributed by atoms with Gasteiger partial charge in [-0.25, -0.2) is 0 Å². The monoisotopic (exact) mass is 334 g/mol. The van der Waals surface area contributed by atoms with E-state index in [1.807, 2.05) is 12.2 Å². The normalized spacial score (nSPS) is 21.9. The third kappa shape index (κ3) is 2.30. The van der Waals surface area contributed by atoms with Crippen LogP contribution in [0.2, 0.25) is 0 Å². The molecule has 0 amide bonds. The van der Waals surface area contributed by atoms with Crippen molar-refractivity contribution in [3.8, 4) is 0 Å². The summed E-state index contributed by atoms with van der Waals surface area (Å²) in [5.74, 6) is 0.509. The summed E-state index contributed by atoms with van der Waals surface area (Å²) in [5, 5.41) is 2.38. The Hall–Kier alpha value is -0.930. The highest BCUT2D eigenvalue weighted by molar-refractivity contribution is 9.11. The topological polar surface area (TPSA) is 17.1 Å². The van der Waals surface area contributed by atoms with E-state index in [0.29, 0.717) is 5.92 Å². The van der Waals surface area contributed by atoms with Gasteiger partial charge < -0.3 is 0 Å². The molecule has 0 saturated carbocycles. The predicted octanol–water partition coefficient (Wildman–Crippen LogP) is 4.82. The van der Waals surface area contributed by atoms with E-state index in [-0.39, 0.29) is 4.16 Å². The van der Waals surface area contributed by atoms with Gasteiger partial charge in [0.1, 0.15) is 4.16 Å². The van der Waals surface area contributed by atoms with Gasteiger partial charge in [-0.2, -0.15) is 0 Å². The van der Waals surface area contributed by atoms with E-state index in [2.05, 4.69) is 60.1 Å². The van der Waals surface area contributed by atoms with Crippen LogP contribution in [0.25, 0.3) is 16.8 Å². The summed E-state index contributed by atoms with van der Waals surface area (Å²) in [6, 6.07) is 10.7. The lowest BCUT2D eigenvalue weighted by atomic mass is 9.98. The smallest absolute Gasteiger partial charge is 0.113 e. The molecule has 1 heterocycles. The van der Waals surface area contributed by atoms with Crippen molar-refractivity contribution >= 4 is 43.6 Å². The Balaban J connectivity index is 2.23. The predicted molar refractivity (Wildman–Crippen MR) is 86.2 cm³/mol. The van der Waals surface area contributed by atoms with Gasteiger partial charge in [-0.15, -0.1) is 0 Å². The highest BCUT2D eigenvalue weighted by Crippen LogP contribution is 2.32. The van der Waals surface area contributed by atoms with E-state index >= 15 is 0 Å². The van der Waals surface area contributed by atoms with Crippen LogP contribution >= 0.6 is 15.9 Å². The van der Waals surface area contributed by atoms with Crippen molar-refractivity contribution in [2.45, 2.75) is 28.8 Å². The van der Waals surface area contributed by atoms with Crippen LogP contribution in [0.1, 0.15) is 30.9 Å². The molecule has 2 aromatic carbocycles. The molecule has 3 rings (SSSR count). The second-order valence-corrected chi connectivity index (χ2v) is 8.29. The maximum absolute atomic E-state index is 12.3. The molecule has 2 atom stereocenters. The number of benzene rings is 2. The lowest BCUT2D eigenvalue weighted by Crippen LogP contribution is -2.09. The van der Waals surface area contributed by atoms with Gasteiger partial charge in [-0.05, 0) is 39.9 Å². The number of halogens is 1. The molecule has 1 nitrogen and oxygen atoms in total. The van der Waals surface area contributed by atoms with Gasteiger partial charge in [0.05, 0.1) is 10.8 Å². The zero-order valence-electron chi connectivity index (χ0n) is 10.9. The van der Waals surface area contributed by atoms with E-state index in [4.69, 9.17) is 0 Å². The number of hydrogen-bond donors (Lipinski definition) is 0. The Bertz CT molecular complexity index is 703. The van der Waals surface area contributed by atoms with Crippen LogP contribution in [0, 0.1) is 0 Å². The van der Waals surface area contributed by atoms with Gasteiger partial charge in [0.15, 0.2) is 0 Å². The molecule has 0 aromatic heterocycles. The van der Waals surface area contributed by atoms with E-state index in [0.717, 1.165) is 10.5 Å². The van der Waals surface area contributed by atoms with Crippen LogP contribution in [0.4, 0.5) is 0 Å². The number of rotatable bonds is 1. The number of fused-ring (bicyclic) bond motifs is 2. The fourth-order valence-corrected chi connectivity index (χ4v) is 4.17. The van der Waals surface area contributed by atoms with Gasteiger partial charge in [-0.3, -0.25) is 4.21 Å². The average Bonchev–Trinajstić information content (AvgIpc) is 2.41. The summed E-state index contributed by atoms with van der Waals surface area (Å²) in [4.78, 5) is 0.929. The fourth-order valence-electron chi connectivity index (χ4n) is 2.35. The first-order valence-electron chi connectivity index (χ1n) is 6.37. The van der Waals surface area contributed by atoms with E-state index in [9.17, 15) is 4.21 Å². The minimum Gasteiger partial charge on any atom is -0.253 e. The summed E-state index contributed by atoms with van der Waals surface area (Å²) in [6.45, 7) is 4.38. The van der Waals surface area contributed by atoms with Crippen molar-refractivity contribution in [1.29, 1.82) is 0 Å². The molecule has 2 unspecified atom stereocenters. The minimum atomic E-state index is -1.00. The van der Waals surface area contributed by atoms with E-state index in [1.165, 1.54) is 16.3 Å². The molecular weight excluding hydrogens is 320 g/mol. The third-order valence-electron chi connectivity index (χ3n) is 3.51. The van der Waals surface area contributed by atoms with Crippen LogP contribution in [0.15, 0.2) is 41.3 Å². The Labute approximate surface area is 124 Å². The quantitative estimate of drug-likeness (QED) is 0.683. The summed E-state index contributed by atoms with van der Waals surface area (Å²) in [7, 11) is -1.00. The number of hydrogen-bond acceptors (Lipinski definition) is 1. The van der Waals surface area contributed by atoms with Crippen molar-refractivity contribution in [3.63, 3.8) is 0 Å². The molecule has 0 fully saturated rings. The SMILES string of the molecule is CC(C)c1ccc2cc3c(cc2c1)S(=O)C(Br)C=C3. The van der Waals surface area contributed by atoms with Gasteiger partial charge >= 0.3 is 0 Å². The number of alkyl halides is 1. The van der Waals surface area contributed by atoms with Crippen LogP contribution in [0.3, 0.4) is 0 Å². The standard InChI is InChI=1S/C16H15BrOS/c1-10(2)11-3-4-12-8-13-5-6-16(17)19(18)15(13)9-14(12)7-11/h3-10,16H,1-2H3. The second-order valence-electron chi connectivity index (χ2n) is 5.16. The van der Waals surface area contributed by atoms with Gasteiger partial charge in [0.25, 0.3) is 0 Å². The molecule has 0 saturated heterocycles. The maximum atomic E-state index is 12.3. The van der Waals surface area contributed by atoms with Gasteiger partial charge in [0, 0.05) is 4.90 Å². The Kier molecular flexibility index (Phi) is 3.35. The van der Waals surface area contributed by atoms with Gasteiger partial charge in [0.2, 0.25) is 0 Å². The van der Waals surface area contributed by atoms with Crippen LogP contribution in [-0.2, 0) is 10.8 Å². The molecule has 0 aliphatic carbocycles. The molecule has 0 bridgehead atoms. The van der Waals surface area contributed by atoms with Crippen LogP contribution < -0.4 is 0 Å². The highest BCUT2D eigenvalue weighted by atomic mass is 79.9. The van der Waals surface area contributed by atoms with Crippen molar-refractivity contribution in [3.05, 3.63) is 47.5 Å². The lowest BCUT2D eigenvalue weighted by Gasteiger charge is -2.16. The van der Waals surface area contributed by atoms with Crippen molar-refractivity contribution in [1.82, 2.24) is 0 Å². The van der Waals surface area contributed by atoms with Crippen LogP contribution in [-0.4, -0.2) is 8.37 Å². The van der Waals surface area contributed by atoms with Gasteiger partial charge in [-0.1, -0.05) is 60.1 Å². The lowest BCUT2D eigenvalue weighted by molar-refractivity contribution is 0.683. The van der Waals surface area contributed by atoms with E-state index < -0.39 is 10.8 Å². The first kappa shape index (κ1) is 13.1. The van der Waals surface area contributed by atoms with Crippen molar-refractivity contribution < 1.29 is 4.21 Å². The van der Waals surface area contributed by atoms with E-state index in [1.54, 1.807) is 0 Å². The summed E-state index contributed by atoms with van der Waals surface area (Å²) >= 11 is 3.44. The largest absolute Gasteiger partial charge is 0.253 e. The molecule has 0 spiro atoms.